The number of ether oxygens (including phenoxy) is 6. The van der Waals surface area contributed by atoms with E-state index in [4.69, 9.17) is 28.4 Å². The van der Waals surface area contributed by atoms with Crippen LogP contribution in [0.3, 0.4) is 0 Å². The van der Waals surface area contributed by atoms with E-state index < -0.39 is 124 Å². The molecule has 3 rings (SSSR count). The minimum atomic E-state index is -1.98. The Morgan fingerprint density at radius 3 is 1.30 bits per heavy atom. The second-order valence-electron chi connectivity index (χ2n) is 23.2. The van der Waals surface area contributed by atoms with Crippen LogP contribution < -0.4 is 5.32 Å². The maximum absolute atomic E-state index is 13.4. The zero-order chi connectivity index (χ0) is 62.6. The molecule has 19 nitrogen and oxygen atoms in total. The average molecular weight is 1220 g/mol. The predicted molar refractivity (Wildman–Crippen MR) is 332 cm³/mol. The SMILES string of the molecule is CC/C=C\C/C=C\C/C=C\C/C=C\CCCCCCCCCCCCCCCCC(=O)NC(COC1OC(CO)C(OC2OC(CO)C(OC3OC(CO)C(O)C(O)C3O)C(O)C2O)C(O)C1O)C(O)/C=C/CC/C=C/CC/C=C/CCCCCC. The van der Waals surface area contributed by atoms with Crippen LogP contribution >= 0.6 is 0 Å². The lowest BCUT2D eigenvalue weighted by atomic mass is 9.96. The molecule has 1 amide bonds. The Balaban J connectivity index is 1.43. The van der Waals surface area contributed by atoms with E-state index in [1.165, 1.54) is 83.5 Å². The van der Waals surface area contributed by atoms with Gasteiger partial charge in [-0.15, -0.1) is 0 Å². The molecule has 3 aliphatic rings. The molecule has 0 aromatic carbocycles. The molecule has 0 aromatic heterocycles. The van der Waals surface area contributed by atoms with Crippen LogP contribution in [0.15, 0.2) is 85.1 Å². The number of allylic oxidation sites excluding steroid dienone is 13. The second kappa shape index (κ2) is 48.8. The molecule has 496 valence electrons. The summed E-state index contributed by atoms with van der Waals surface area (Å²) >= 11 is 0. The molecule has 86 heavy (non-hydrogen) atoms. The smallest absolute Gasteiger partial charge is 0.220 e. The van der Waals surface area contributed by atoms with E-state index in [9.17, 15) is 61.0 Å². The highest BCUT2D eigenvalue weighted by atomic mass is 16.8. The summed E-state index contributed by atoms with van der Waals surface area (Å²) < 4.78 is 34.3. The van der Waals surface area contributed by atoms with Gasteiger partial charge in [0.1, 0.15) is 73.2 Å². The molecule has 3 saturated heterocycles. The molecular formula is C67H115NO18. The number of amides is 1. The molecule has 17 unspecified atom stereocenters. The van der Waals surface area contributed by atoms with Gasteiger partial charge < -0.3 is 89.9 Å². The highest BCUT2D eigenvalue weighted by Gasteiger charge is 2.53. The third kappa shape index (κ3) is 31.1. The first-order valence-electron chi connectivity index (χ1n) is 32.8. The van der Waals surface area contributed by atoms with Crippen LogP contribution in [0.5, 0.6) is 0 Å². The first-order chi connectivity index (χ1) is 41.8. The fourth-order valence-corrected chi connectivity index (χ4v) is 10.6. The largest absolute Gasteiger partial charge is 0.394 e. The van der Waals surface area contributed by atoms with Crippen LogP contribution in [0.2, 0.25) is 0 Å². The fraction of sp³-hybridized carbons (Fsp3) is 0.776. The molecule has 0 radical (unpaired) electrons. The third-order valence-corrected chi connectivity index (χ3v) is 15.9. The fourth-order valence-electron chi connectivity index (χ4n) is 10.6. The monoisotopic (exact) mass is 1220 g/mol. The van der Waals surface area contributed by atoms with E-state index in [1.54, 1.807) is 6.08 Å². The number of hydrogen-bond acceptors (Lipinski definition) is 18. The molecule has 0 aromatic rings. The zero-order valence-electron chi connectivity index (χ0n) is 52.0. The van der Waals surface area contributed by atoms with E-state index in [0.29, 0.717) is 12.8 Å². The second-order valence-corrected chi connectivity index (χ2v) is 23.2. The van der Waals surface area contributed by atoms with Gasteiger partial charge in [-0.05, 0) is 83.5 Å². The normalized spacial score (nSPS) is 29.3. The number of carbonyl (C=O) groups is 1. The Hall–Kier alpha value is -3.03. The maximum Gasteiger partial charge on any atom is 0.220 e. The van der Waals surface area contributed by atoms with Crippen molar-refractivity contribution in [2.45, 2.75) is 304 Å². The number of unbranched alkanes of at least 4 members (excludes halogenated alkanes) is 20. The van der Waals surface area contributed by atoms with Gasteiger partial charge in [0, 0.05) is 6.42 Å². The summed E-state index contributed by atoms with van der Waals surface area (Å²) in [6.07, 6.45) is 34.2. The van der Waals surface area contributed by atoms with Crippen molar-refractivity contribution in [2.75, 3.05) is 26.4 Å². The van der Waals surface area contributed by atoms with Crippen molar-refractivity contribution in [3.63, 3.8) is 0 Å². The van der Waals surface area contributed by atoms with Crippen molar-refractivity contribution in [3.8, 4) is 0 Å². The minimum absolute atomic E-state index is 0.227. The van der Waals surface area contributed by atoms with Crippen LogP contribution in [0.4, 0.5) is 0 Å². The van der Waals surface area contributed by atoms with Crippen molar-refractivity contribution in [3.05, 3.63) is 85.1 Å². The van der Waals surface area contributed by atoms with Crippen molar-refractivity contribution >= 4 is 5.91 Å². The van der Waals surface area contributed by atoms with Gasteiger partial charge in [0.05, 0.1) is 38.6 Å². The Kier molecular flexibility index (Phi) is 43.8. The molecule has 17 atom stereocenters. The molecular weight excluding hydrogens is 1110 g/mol. The summed E-state index contributed by atoms with van der Waals surface area (Å²) in [5.74, 6) is -0.295. The van der Waals surface area contributed by atoms with Gasteiger partial charge in [-0.1, -0.05) is 195 Å². The van der Waals surface area contributed by atoms with Crippen LogP contribution in [0.25, 0.3) is 0 Å². The summed E-state index contributed by atoms with van der Waals surface area (Å²) in [7, 11) is 0. The molecule has 0 aliphatic carbocycles. The molecule has 0 spiro atoms. The third-order valence-electron chi connectivity index (χ3n) is 15.9. The first-order valence-corrected chi connectivity index (χ1v) is 32.8. The quantitative estimate of drug-likeness (QED) is 0.0207. The van der Waals surface area contributed by atoms with Gasteiger partial charge in [0.15, 0.2) is 18.9 Å². The molecule has 19 heteroatoms. The van der Waals surface area contributed by atoms with Gasteiger partial charge >= 0.3 is 0 Å². The van der Waals surface area contributed by atoms with Crippen LogP contribution in [0.1, 0.15) is 200 Å². The molecule has 3 aliphatic heterocycles. The number of hydrogen-bond donors (Lipinski definition) is 12. The molecule has 3 heterocycles. The Labute approximate surface area is 514 Å². The standard InChI is InChI=1S/C67H115NO18/c1-3-5-7-9-11-13-15-17-19-20-21-22-23-24-25-26-27-28-29-30-31-33-35-37-39-41-43-45-55(73)68-50(51(72)44-42-40-38-36-34-32-18-16-14-12-10-8-6-4-2)49-81-65-61(79)58(76)63(53(47-70)83-65)86-67-62(80)59(77)64(54(48-71)84-67)85-66-60(78)57(75)56(74)52(46-69)82-66/h5,7,11,13-14,16-17,19,21-22,34,36,42,44,50-54,56-67,69-72,74-80H,3-4,6,8-10,12,15,18,20,23-33,35,37-41,43,45-49H2,1-2H3,(H,68,73)/b7-5-,13-11-,16-14+,19-17-,22-21-,36-34+,44-42+. The van der Waals surface area contributed by atoms with Crippen molar-refractivity contribution in [1.29, 1.82) is 0 Å². The van der Waals surface area contributed by atoms with Gasteiger partial charge in [-0.25, -0.2) is 0 Å². The number of aliphatic hydroxyl groups is 11. The number of rotatable bonds is 48. The van der Waals surface area contributed by atoms with Crippen molar-refractivity contribution in [1.82, 2.24) is 5.32 Å². The lowest BCUT2D eigenvalue weighted by Gasteiger charge is -2.48. The Morgan fingerprint density at radius 2 is 0.814 bits per heavy atom. The number of aliphatic hydroxyl groups excluding tert-OH is 11. The summed E-state index contributed by atoms with van der Waals surface area (Å²) in [4.78, 5) is 13.4. The zero-order valence-corrected chi connectivity index (χ0v) is 52.0. The van der Waals surface area contributed by atoms with Gasteiger partial charge in [-0.2, -0.15) is 0 Å². The summed E-state index contributed by atoms with van der Waals surface area (Å²) in [6.45, 7) is 1.55. The van der Waals surface area contributed by atoms with Crippen molar-refractivity contribution < 1.29 is 89.4 Å². The number of carbonyl (C=O) groups excluding carboxylic acids is 1. The Morgan fingerprint density at radius 1 is 0.430 bits per heavy atom. The highest BCUT2D eigenvalue weighted by molar-refractivity contribution is 5.76. The van der Waals surface area contributed by atoms with Crippen LogP contribution in [0, 0.1) is 0 Å². The van der Waals surface area contributed by atoms with Crippen LogP contribution in [-0.4, -0.2) is 193 Å². The molecule has 0 bridgehead atoms. The van der Waals surface area contributed by atoms with E-state index in [2.05, 4.69) is 92.1 Å². The first kappa shape index (κ1) is 77.2. The van der Waals surface area contributed by atoms with Gasteiger partial charge in [0.25, 0.3) is 0 Å². The molecule has 0 saturated carbocycles. The van der Waals surface area contributed by atoms with Crippen LogP contribution in [-0.2, 0) is 33.2 Å². The predicted octanol–water partition coefficient (Wildman–Crippen LogP) is 7.54. The van der Waals surface area contributed by atoms with E-state index in [1.807, 2.05) is 6.08 Å². The highest BCUT2D eigenvalue weighted by Crippen LogP contribution is 2.33. The van der Waals surface area contributed by atoms with Gasteiger partial charge in [-0.3, -0.25) is 4.79 Å². The summed E-state index contributed by atoms with van der Waals surface area (Å²) in [5.41, 5.74) is 0. The Bertz CT molecular complexity index is 1890. The van der Waals surface area contributed by atoms with E-state index in [-0.39, 0.29) is 18.9 Å². The van der Waals surface area contributed by atoms with Gasteiger partial charge in [0.2, 0.25) is 5.91 Å². The van der Waals surface area contributed by atoms with Crippen molar-refractivity contribution in [2.24, 2.45) is 0 Å². The average Bonchev–Trinajstić information content (AvgIpc) is 1.96. The van der Waals surface area contributed by atoms with E-state index in [0.717, 1.165) is 83.5 Å². The minimum Gasteiger partial charge on any atom is -0.394 e. The summed E-state index contributed by atoms with van der Waals surface area (Å²) in [5, 5.41) is 120. The molecule has 12 N–H and O–H groups in total. The topological polar surface area (TPSA) is 307 Å². The lowest BCUT2D eigenvalue weighted by molar-refractivity contribution is -0.379. The lowest BCUT2D eigenvalue weighted by Crippen LogP contribution is -2.66. The maximum atomic E-state index is 13.4. The number of nitrogens with one attached hydrogen (secondary N) is 1. The molecule has 3 fully saturated rings. The summed E-state index contributed by atoms with van der Waals surface area (Å²) in [6, 6.07) is -1.00. The van der Waals surface area contributed by atoms with E-state index >= 15 is 0 Å².